The zero-order chi connectivity index (χ0) is 24.7. The Morgan fingerprint density at radius 2 is 1.54 bits per heavy atom. The second-order valence-corrected chi connectivity index (χ2v) is 10.5. The van der Waals surface area contributed by atoms with Gasteiger partial charge in [-0.1, -0.05) is 42.5 Å². The predicted octanol–water partition coefficient (Wildman–Crippen LogP) is 3.80. The number of ether oxygens (including phenoxy) is 1. The van der Waals surface area contributed by atoms with Crippen LogP contribution in [0.3, 0.4) is 0 Å². The molecule has 0 atom stereocenters. The number of methoxy groups -OCH3 is 1. The highest BCUT2D eigenvalue weighted by Gasteiger charge is 2.27. The van der Waals surface area contributed by atoms with E-state index in [1.807, 2.05) is 12.1 Å². The molecule has 0 aromatic heterocycles. The lowest BCUT2D eigenvalue weighted by Gasteiger charge is -2.24. The van der Waals surface area contributed by atoms with Crippen LogP contribution in [0.2, 0.25) is 0 Å². The zero-order valence-corrected chi connectivity index (χ0v) is 20.7. The minimum absolute atomic E-state index is 0.122. The smallest absolute Gasteiger partial charge is 0.264 e. The van der Waals surface area contributed by atoms with Crippen molar-refractivity contribution in [2.24, 2.45) is 0 Å². The lowest BCUT2D eigenvalue weighted by atomic mass is 10.1. The number of nitrogens with zero attached hydrogens (tertiary/aromatic N) is 2. The van der Waals surface area contributed by atoms with Crippen molar-refractivity contribution < 1.29 is 17.9 Å². The molecule has 1 heterocycles. The average Bonchev–Trinajstić information content (AvgIpc) is 3.40. The summed E-state index contributed by atoms with van der Waals surface area (Å²) in [7, 11) is -2.40. The minimum Gasteiger partial charge on any atom is -0.497 e. The molecule has 35 heavy (non-hydrogen) atoms. The number of carbonyl (C=O) groups excluding carboxylic acids is 1. The molecule has 0 aliphatic carbocycles. The van der Waals surface area contributed by atoms with Crippen molar-refractivity contribution in [3.05, 3.63) is 90.0 Å². The molecule has 3 aromatic carbocycles. The van der Waals surface area contributed by atoms with Gasteiger partial charge in [-0.25, -0.2) is 8.42 Å². The first kappa shape index (κ1) is 24.8. The Hall–Kier alpha value is -3.36. The Bertz CT molecular complexity index is 1210. The van der Waals surface area contributed by atoms with Crippen LogP contribution in [0, 0.1) is 0 Å². The number of carbonyl (C=O) groups is 1. The lowest BCUT2D eigenvalue weighted by molar-refractivity contribution is -0.119. The number of hydrogen-bond donors (Lipinski definition) is 1. The van der Waals surface area contributed by atoms with E-state index in [4.69, 9.17) is 4.74 Å². The molecule has 1 fully saturated rings. The van der Waals surface area contributed by atoms with E-state index in [1.165, 1.54) is 30.5 Å². The van der Waals surface area contributed by atoms with Crippen molar-refractivity contribution in [3.8, 4) is 5.75 Å². The summed E-state index contributed by atoms with van der Waals surface area (Å²) < 4.78 is 33.1. The van der Waals surface area contributed by atoms with Crippen molar-refractivity contribution in [1.29, 1.82) is 0 Å². The summed E-state index contributed by atoms with van der Waals surface area (Å²) in [5, 5.41) is 2.86. The Labute approximate surface area is 207 Å². The van der Waals surface area contributed by atoms with Gasteiger partial charge in [0.15, 0.2) is 0 Å². The number of rotatable bonds is 10. The third kappa shape index (κ3) is 6.41. The van der Waals surface area contributed by atoms with E-state index in [0.717, 1.165) is 29.5 Å². The number of nitrogens with one attached hydrogen (secondary N) is 1. The highest BCUT2D eigenvalue weighted by atomic mass is 32.2. The van der Waals surface area contributed by atoms with Crippen molar-refractivity contribution in [2.75, 3.05) is 31.0 Å². The van der Waals surface area contributed by atoms with Crippen LogP contribution in [-0.2, 0) is 27.9 Å². The fraction of sp³-hybridized carbons (Fsp3) is 0.296. The van der Waals surface area contributed by atoms with Crippen molar-refractivity contribution in [2.45, 2.75) is 30.8 Å². The summed E-state index contributed by atoms with van der Waals surface area (Å²) >= 11 is 0. The third-order valence-corrected chi connectivity index (χ3v) is 7.88. The summed E-state index contributed by atoms with van der Waals surface area (Å²) in [6.07, 6.45) is 2.52. The predicted molar refractivity (Wildman–Crippen MR) is 137 cm³/mol. The van der Waals surface area contributed by atoms with E-state index in [9.17, 15) is 13.2 Å². The number of sulfonamides is 1. The Balaban J connectivity index is 1.44. The molecule has 1 aliphatic rings. The number of hydrogen-bond acceptors (Lipinski definition) is 5. The van der Waals surface area contributed by atoms with Gasteiger partial charge in [0.1, 0.15) is 12.3 Å². The SMILES string of the molecule is COc1ccc(N(CC(=O)NCc2ccc(CN3CCCC3)cc2)S(=O)(=O)c2ccccc2)cc1. The van der Waals surface area contributed by atoms with Crippen LogP contribution in [0.5, 0.6) is 5.75 Å². The summed E-state index contributed by atoms with van der Waals surface area (Å²) in [6, 6.07) is 22.9. The first-order chi connectivity index (χ1) is 17.0. The van der Waals surface area contributed by atoms with E-state index >= 15 is 0 Å². The number of anilines is 1. The van der Waals surface area contributed by atoms with Gasteiger partial charge in [-0.05, 0) is 73.5 Å². The maximum Gasteiger partial charge on any atom is 0.264 e. The van der Waals surface area contributed by atoms with Crippen LogP contribution in [0.15, 0.2) is 83.8 Å². The number of benzene rings is 3. The Morgan fingerprint density at radius 1 is 0.914 bits per heavy atom. The molecule has 1 amide bonds. The average molecular weight is 494 g/mol. The van der Waals surface area contributed by atoms with Gasteiger partial charge in [0, 0.05) is 13.1 Å². The fourth-order valence-corrected chi connectivity index (χ4v) is 5.57. The molecule has 7 nitrogen and oxygen atoms in total. The maximum atomic E-state index is 13.4. The highest BCUT2D eigenvalue weighted by Crippen LogP contribution is 2.25. The molecule has 3 aromatic rings. The van der Waals surface area contributed by atoms with Crippen molar-refractivity contribution >= 4 is 21.6 Å². The monoisotopic (exact) mass is 493 g/mol. The first-order valence-corrected chi connectivity index (χ1v) is 13.2. The van der Waals surface area contributed by atoms with Gasteiger partial charge in [-0.15, -0.1) is 0 Å². The minimum atomic E-state index is -3.94. The second kappa shape index (κ2) is 11.4. The molecule has 0 bridgehead atoms. The van der Waals surface area contributed by atoms with Crippen molar-refractivity contribution in [1.82, 2.24) is 10.2 Å². The van der Waals surface area contributed by atoms with E-state index in [-0.39, 0.29) is 17.3 Å². The molecule has 8 heteroatoms. The third-order valence-electron chi connectivity index (χ3n) is 6.10. The van der Waals surface area contributed by atoms with Gasteiger partial charge < -0.3 is 10.1 Å². The van der Waals surface area contributed by atoms with E-state index in [2.05, 4.69) is 22.3 Å². The highest BCUT2D eigenvalue weighted by molar-refractivity contribution is 7.92. The van der Waals surface area contributed by atoms with Gasteiger partial charge >= 0.3 is 0 Å². The lowest BCUT2D eigenvalue weighted by Crippen LogP contribution is -2.40. The van der Waals surface area contributed by atoms with Crippen LogP contribution in [0.1, 0.15) is 24.0 Å². The number of amides is 1. The van der Waals surface area contributed by atoms with Gasteiger partial charge in [0.05, 0.1) is 17.7 Å². The summed E-state index contributed by atoms with van der Waals surface area (Å²) in [5.41, 5.74) is 2.60. The van der Waals surface area contributed by atoms with Crippen LogP contribution in [0.25, 0.3) is 0 Å². The van der Waals surface area contributed by atoms with Crippen LogP contribution in [-0.4, -0.2) is 46.0 Å². The van der Waals surface area contributed by atoms with Crippen molar-refractivity contribution in [3.63, 3.8) is 0 Å². The van der Waals surface area contributed by atoms with Gasteiger partial charge in [-0.3, -0.25) is 14.0 Å². The molecular formula is C27H31N3O4S. The zero-order valence-electron chi connectivity index (χ0n) is 19.9. The Morgan fingerprint density at radius 3 is 2.17 bits per heavy atom. The molecule has 184 valence electrons. The molecule has 1 N–H and O–H groups in total. The molecule has 1 aliphatic heterocycles. The molecule has 1 saturated heterocycles. The van der Waals surface area contributed by atoms with E-state index in [0.29, 0.717) is 18.0 Å². The number of likely N-dealkylation sites (tertiary alicyclic amines) is 1. The molecule has 4 rings (SSSR count). The normalized spacial score (nSPS) is 14.0. The molecular weight excluding hydrogens is 462 g/mol. The second-order valence-electron chi connectivity index (χ2n) is 8.60. The van der Waals surface area contributed by atoms with Crippen LogP contribution >= 0.6 is 0 Å². The topological polar surface area (TPSA) is 79.0 Å². The van der Waals surface area contributed by atoms with E-state index < -0.39 is 10.0 Å². The van der Waals surface area contributed by atoms with Gasteiger partial charge in [-0.2, -0.15) is 0 Å². The first-order valence-electron chi connectivity index (χ1n) is 11.7. The summed E-state index contributed by atoms with van der Waals surface area (Å²) in [6.45, 7) is 3.23. The van der Waals surface area contributed by atoms with Crippen LogP contribution < -0.4 is 14.4 Å². The summed E-state index contributed by atoms with van der Waals surface area (Å²) in [4.78, 5) is 15.4. The largest absolute Gasteiger partial charge is 0.497 e. The molecule has 0 unspecified atom stereocenters. The standard InChI is InChI=1S/C27H31N3O4S/c1-34-25-15-13-24(14-16-25)30(35(32,33)26-7-3-2-4-8-26)21-27(31)28-19-22-9-11-23(12-10-22)20-29-17-5-6-18-29/h2-4,7-16H,5-6,17-21H2,1H3,(H,28,31). The van der Waals surface area contributed by atoms with Gasteiger partial charge in [0.2, 0.25) is 5.91 Å². The maximum absolute atomic E-state index is 13.4. The summed E-state index contributed by atoms with van der Waals surface area (Å²) in [5.74, 6) is 0.213. The quantitative estimate of drug-likeness (QED) is 0.465. The molecule has 0 radical (unpaired) electrons. The van der Waals surface area contributed by atoms with Gasteiger partial charge in [0.25, 0.3) is 10.0 Å². The Kier molecular flexibility index (Phi) is 8.05. The molecule has 0 saturated carbocycles. The van der Waals surface area contributed by atoms with Crippen LogP contribution in [0.4, 0.5) is 5.69 Å². The fourth-order valence-electron chi connectivity index (χ4n) is 4.13. The van der Waals surface area contributed by atoms with E-state index in [1.54, 1.807) is 49.6 Å². The molecule has 0 spiro atoms.